The van der Waals surface area contributed by atoms with E-state index >= 15 is 0 Å². The molecule has 0 unspecified atom stereocenters. The van der Waals surface area contributed by atoms with Crippen LogP contribution in [-0.4, -0.2) is 49.9 Å². The van der Waals surface area contributed by atoms with Gasteiger partial charge in [0.05, 0.1) is 5.57 Å². The van der Waals surface area contributed by atoms with Crippen LogP contribution in [0.2, 0.25) is 0 Å². The fraction of sp³-hybridized carbons (Fsp3) is 0.304. The molecule has 2 aliphatic heterocycles. The van der Waals surface area contributed by atoms with Gasteiger partial charge < -0.3 is 15.1 Å². The molecule has 7 heteroatoms. The fourth-order valence-electron chi connectivity index (χ4n) is 3.84. The average Bonchev–Trinajstić information content (AvgIpc) is 3.25. The zero-order valence-electron chi connectivity index (χ0n) is 17.0. The monoisotopic (exact) mass is 468 g/mol. The van der Waals surface area contributed by atoms with Crippen LogP contribution in [0, 0.1) is 0 Å². The van der Waals surface area contributed by atoms with Crippen LogP contribution in [0.3, 0.4) is 0 Å². The second kappa shape index (κ2) is 9.02. The average molecular weight is 469 g/mol. The molecule has 2 amide bonds. The van der Waals surface area contributed by atoms with Crippen LogP contribution in [0.5, 0.6) is 0 Å². The lowest BCUT2D eigenvalue weighted by atomic mass is 9.95. The molecule has 0 atom stereocenters. The number of fused-ring (bicyclic) bond motifs is 1. The number of rotatable bonds is 6. The second-order valence-corrected chi connectivity index (χ2v) is 8.61. The lowest BCUT2D eigenvalue weighted by Gasteiger charge is -2.23. The van der Waals surface area contributed by atoms with Crippen molar-refractivity contribution in [1.82, 2.24) is 10.2 Å². The molecule has 1 saturated heterocycles. The summed E-state index contributed by atoms with van der Waals surface area (Å²) in [5.41, 5.74) is 3.56. The third kappa shape index (κ3) is 4.57. The Bertz CT molecular complexity index is 981. The number of likely N-dealkylation sites (tertiary alicyclic amines) is 1. The zero-order chi connectivity index (χ0) is 21.1. The summed E-state index contributed by atoms with van der Waals surface area (Å²) in [4.78, 5) is 29.2. The molecule has 2 aromatic rings. The van der Waals surface area contributed by atoms with Gasteiger partial charge in [0.15, 0.2) is 0 Å². The molecule has 2 N–H and O–H groups in total. The molecule has 0 radical (unpaired) electrons. The number of hydrogen-bond acceptors (Lipinski definition) is 5. The number of carbonyl (C=O) groups is 2. The number of nitrogens with zero attached hydrogens (tertiary/aromatic N) is 2. The highest BCUT2D eigenvalue weighted by molar-refractivity contribution is 9.10. The van der Waals surface area contributed by atoms with Gasteiger partial charge in [0.25, 0.3) is 11.8 Å². The lowest BCUT2D eigenvalue weighted by molar-refractivity contribution is -0.114. The van der Waals surface area contributed by atoms with Crippen LogP contribution in [0.15, 0.2) is 53.1 Å². The number of benzene rings is 2. The Hall–Kier alpha value is -2.64. The molecule has 0 aliphatic carbocycles. The molecule has 6 nitrogen and oxygen atoms in total. The standard InChI is InChI=1S/C23H25BrN4O2/c1-27(12-13-28-10-2-3-11-28)18-7-5-17(6-8-18)25-15-21-20-14-16(24)4-9-19(20)22(29)26-23(21)30/h4-9,14-15,25H,2-3,10-13H2,1H3,(H,26,29,30). The van der Waals surface area contributed by atoms with Crippen molar-refractivity contribution >= 4 is 44.7 Å². The number of nitrogens with one attached hydrogen (secondary N) is 2. The van der Waals surface area contributed by atoms with Gasteiger partial charge in [-0.25, -0.2) is 0 Å². The molecule has 2 heterocycles. The van der Waals surface area contributed by atoms with Gasteiger partial charge in [0.1, 0.15) is 0 Å². The molecule has 1 fully saturated rings. The van der Waals surface area contributed by atoms with Gasteiger partial charge in [-0.15, -0.1) is 0 Å². The Morgan fingerprint density at radius 1 is 1.07 bits per heavy atom. The van der Waals surface area contributed by atoms with Crippen LogP contribution in [0.1, 0.15) is 28.8 Å². The first kappa shape index (κ1) is 20.6. The molecule has 0 aromatic heterocycles. The second-order valence-electron chi connectivity index (χ2n) is 7.69. The molecule has 0 bridgehead atoms. The largest absolute Gasteiger partial charge is 0.373 e. The topological polar surface area (TPSA) is 64.7 Å². The summed E-state index contributed by atoms with van der Waals surface area (Å²) in [7, 11) is 2.11. The highest BCUT2D eigenvalue weighted by atomic mass is 79.9. The van der Waals surface area contributed by atoms with Crippen molar-refractivity contribution in [2.24, 2.45) is 0 Å². The van der Waals surface area contributed by atoms with Crippen LogP contribution in [0.25, 0.3) is 5.57 Å². The molecular weight excluding hydrogens is 444 g/mol. The van der Waals surface area contributed by atoms with E-state index < -0.39 is 5.91 Å². The molecule has 156 valence electrons. The SMILES string of the molecule is CN(CCN1CCCC1)c1ccc(NC=C2C(=O)NC(=O)c3ccc(Br)cc32)cc1. The number of carbonyl (C=O) groups excluding carboxylic acids is 2. The minimum Gasteiger partial charge on any atom is -0.373 e. The molecule has 2 aromatic carbocycles. The maximum Gasteiger partial charge on any atom is 0.260 e. The van der Waals surface area contributed by atoms with E-state index in [1.165, 1.54) is 25.9 Å². The van der Waals surface area contributed by atoms with Crippen LogP contribution in [0.4, 0.5) is 11.4 Å². The van der Waals surface area contributed by atoms with Gasteiger partial charge in [-0.1, -0.05) is 15.9 Å². The summed E-state index contributed by atoms with van der Waals surface area (Å²) >= 11 is 3.41. The number of imide groups is 1. The van der Waals surface area contributed by atoms with Crippen molar-refractivity contribution in [2.75, 3.05) is 43.4 Å². The Morgan fingerprint density at radius 3 is 2.53 bits per heavy atom. The van der Waals surface area contributed by atoms with Gasteiger partial charge in [-0.3, -0.25) is 14.9 Å². The summed E-state index contributed by atoms with van der Waals surface area (Å²) in [6.07, 6.45) is 4.28. The fourth-order valence-corrected chi connectivity index (χ4v) is 4.20. The van der Waals surface area contributed by atoms with E-state index in [1.54, 1.807) is 24.4 Å². The lowest BCUT2D eigenvalue weighted by Crippen LogP contribution is -2.36. The molecule has 2 aliphatic rings. The predicted molar refractivity (Wildman–Crippen MR) is 124 cm³/mol. The first-order valence-electron chi connectivity index (χ1n) is 10.2. The van der Waals surface area contributed by atoms with Crippen molar-refractivity contribution in [3.63, 3.8) is 0 Å². The third-order valence-electron chi connectivity index (χ3n) is 5.63. The maximum atomic E-state index is 12.4. The van der Waals surface area contributed by atoms with Crippen molar-refractivity contribution in [2.45, 2.75) is 12.8 Å². The normalized spacial score (nSPS) is 17.7. The van der Waals surface area contributed by atoms with Crippen LogP contribution in [-0.2, 0) is 4.79 Å². The van der Waals surface area contributed by atoms with Gasteiger partial charge >= 0.3 is 0 Å². The van der Waals surface area contributed by atoms with Crippen LogP contribution >= 0.6 is 15.9 Å². The zero-order valence-corrected chi connectivity index (χ0v) is 18.5. The summed E-state index contributed by atoms with van der Waals surface area (Å²) in [5.74, 6) is -0.780. The van der Waals surface area contributed by atoms with E-state index in [4.69, 9.17) is 0 Å². The predicted octanol–water partition coefficient (Wildman–Crippen LogP) is 3.70. The molecule has 0 spiro atoms. The van der Waals surface area contributed by atoms with E-state index in [2.05, 4.69) is 55.5 Å². The van der Waals surface area contributed by atoms with E-state index in [0.29, 0.717) is 16.7 Å². The van der Waals surface area contributed by atoms with E-state index in [-0.39, 0.29) is 5.91 Å². The molecular formula is C23H25BrN4O2. The van der Waals surface area contributed by atoms with E-state index in [9.17, 15) is 9.59 Å². The van der Waals surface area contributed by atoms with Crippen molar-refractivity contribution in [3.05, 3.63) is 64.3 Å². The van der Waals surface area contributed by atoms with E-state index in [1.807, 2.05) is 12.1 Å². The quantitative estimate of drug-likeness (QED) is 0.499. The van der Waals surface area contributed by atoms with E-state index in [0.717, 1.165) is 28.9 Å². The Kier molecular flexibility index (Phi) is 6.20. The first-order valence-corrected chi connectivity index (χ1v) is 11.0. The smallest absolute Gasteiger partial charge is 0.260 e. The molecule has 0 saturated carbocycles. The molecule has 4 rings (SSSR count). The third-order valence-corrected chi connectivity index (χ3v) is 6.12. The minimum absolute atomic E-state index is 0.374. The van der Waals surface area contributed by atoms with Gasteiger partial charge in [0, 0.05) is 53.3 Å². The van der Waals surface area contributed by atoms with Crippen molar-refractivity contribution < 1.29 is 9.59 Å². The number of likely N-dealkylation sites (N-methyl/N-ethyl adjacent to an activating group) is 1. The van der Waals surface area contributed by atoms with Crippen LogP contribution < -0.4 is 15.5 Å². The van der Waals surface area contributed by atoms with Crippen molar-refractivity contribution in [3.8, 4) is 0 Å². The summed E-state index contributed by atoms with van der Waals surface area (Å²) in [5, 5.41) is 5.58. The highest BCUT2D eigenvalue weighted by Gasteiger charge is 2.27. The summed E-state index contributed by atoms with van der Waals surface area (Å²) < 4.78 is 0.816. The summed E-state index contributed by atoms with van der Waals surface area (Å²) in [6, 6.07) is 13.4. The van der Waals surface area contributed by atoms with Gasteiger partial charge in [0.2, 0.25) is 0 Å². The maximum absolute atomic E-state index is 12.4. The van der Waals surface area contributed by atoms with Crippen molar-refractivity contribution in [1.29, 1.82) is 0 Å². The minimum atomic E-state index is -0.406. The number of amides is 2. The van der Waals surface area contributed by atoms with Gasteiger partial charge in [-0.05, 0) is 68.4 Å². The number of halogens is 1. The Balaban J connectivity index is 1.44. The molecule has 30 heavy (non-hydrogen) atoms. The highest BCUT2D eigenvalue weighted by Crippen LogP contribution is 2.27. The number of anilines is 2. The first-order chi connectivity index (χ1) is 14.5. The van der Waals surface area contributed by atoms with Gasteiger partial charge in [-0.2, -0.15) is 0 Å². The number of hydrogen-bond donors (Lipinski definition) is 2. The Morgan fingerprint density at radius 2 is 1.80 bits per heavy atom. The Labute approximate surface area is 185 Å². The summed E-state index contributed by atoms with van der Waals surface area (Å²) in [6.45, 7) is 4.51.